The van der Waals surface area contributed by atoms with Gasteiger partial charge in [-0.05, 0) is 68.9 Å². The zero-order valence-corrected chi connectivity index (χ0v) is 30.6. The fourth-order valence-corrected chi connectivity index (χ4v) is 6.01. The van der Waals surface area contributed by atoms with Gasteiger partial charge in [0.1, 0.15) is 5.75 Å². The third-order valence-corrected chi connectivity index (χ3v) is 8.85. The molecule has 276 valence electrons. The number of carboxylic acids is 1. The molecule has 0 aliphatic heterocycles. The molecule has 0 aromatic heterocycles. The van der Waals surface area contributed by atoms with Gasteiger partial charge < -0.3 is 19.3 Å². The van der Waals surface area contributed by atoms with Crippen molar-refractivity contribution in [3.05, 3.63) is 88.5 Å². The van der Waals surface area contributed by atoms with E-state index in [1.165, 1.54) is 31.4 Å². The van der Waals surface area contributed by atoms with Crippen LogP contribution in [0.5, 0.6) is 11.5 Å². The Morgan fingerprint density at radius 3 is 1.98 bits per heavy atom. The molecule has 0 fully saturated rings. The molecule has 3 aromatic carbocycles. The summed E-state index contributed by atoms with van der Waals surface area (Å²) >= 11 is 0. The molecule has 0 saturated heterocycles. The van der Waals surface area contributed by atoms with Crippen molar-refractivity contribution < 1.29 is 33.8 Å². The first kappa shape index (κ1) is 40.8. The summed E-state index contributed by atoms with van der Waals surface area (Å²) < 4.78 is 17.4. The van der Waals surface area contributed by atoms with Gasteiger partial charge >= 0.3 is 17.6 Å². The summed E-state index contributed by atoms with van der Waals surface area (Å²) in [6.07, 6.45) is 14.6. The average Bonchev–Trinajstić information content (AvgIpc) is 3.11. The largest absolute Gasteiger partial charge is 0.493 e. The van der Waals surface area contributed by atoms with Crippen molar-refractivity contribution in [2.75, 3.05) is 13.2 Å². The van der Waals surface area contributed by atoms with Crippen LogP contribution in [0.25, 0.3) is 22.3 Å². The summed E-state index contributed by atoms with van der Waals surface area (Å²) in [6.45, 7) is 10.3. The first-order valence-electron chi connectivity index (χ1n) is 18.5. The predicted molar refractivity (Wildman–Crippen MR) is 203 cm³/mol. The molecule has 0 bridgehead atoms. The lowest BCUT2D eigenvalue weighted by atomic mass is 9.94. The molecule has 9 heteroatoms. The third kappa shape index (κ3) is 13.5. The van der Waals surface area contributed by atoms with Crippen molar-refractivity contribution in [1.82, 2.24) is 0 Å². The number of ether oxygens (including phenoxy) is 3. The molecule has 3 aromatic rings. The minimum absolute atomic E-state index is 0.0286. The van der Waals surface area contributed by atoms with Crippen LogP contribution in [0.4, 0.5) is 5.69 Å². The quantitative estimate of drug-likeness (QED) is 0.0304. The Labute approximate surface area is 303 Å². The van der Waals surface area contributed by atoms with Crippen LogP contribution in [-0.4, -0.2) is 41.3 Å². The molecule has 0 amide bonds. The Morgan fingerprint density at radius 2 is 1.37 bits per heavy atom. The van der Waals surface area contributed by atoms with E-state index in [9.17, 15) is 24.8 Å². The van der Waals surface area contributed by atoms with Crippen molar-refractivity contribution in [3.63, 3.8) is 0 Å². The number of benzene rings is 3. The summed E-state index contributed by atoms with van der Waals surface area (Å²) in [7, 11) is 0. The Balaban J connectivity index is 1.57. The first-order chi connectivity index (χ1) is 24.6. The third-order valence-electron chi connectivity index (χ3n) is 8.85. The van der Waals surface area contributed by atoms with E-state index in [1.54, 1.807) is 19.1 Å². The lowest BCUT2D eigenvalue weighted by Gasteiger charge is -2.17. The van der Waals surface area contributed by atoms with Gasteiger partial charge in [-0.15, -0.1) is 0 Å². The summed E-state index contributed by atoms with van der Waals surface area (Å²) in [5.41, 5.74) is 2.14. The van der Waals surface area contributed by atoms with E-state index in [0.717, 1.165) is 87.5 Å². The Bertz CT molecular complexity index is 1570. The molecule has 0 aliphatic carbocycles. The van der Waals surface area contributed by atoms with Crippen LogP contribution in [0.3, 0.4) is 0 Å². The van der Waals surface area contributed by atoms with E-state index in [2.05, 4.69) is 13.5 Å². The molecule has 0 radical (unpaired) electrons. The number of unbranched alkanes of at least 4 members (excludes halogenated alkanes) is 11. The summed E-state index contributed by atoms with van der Waals surface area (Å²) in [5, 5.41) is 22.4. The molecule has 0 saturated carbocycles. The number of hydrogen-bond donors (Lipinski definition) is 1. The zero-order valence-electron chi connectivity index (χ0n) is 30.6. The summed E-state index contributed by atoms with van der Waals surface area (Å²) in [5.74, 6) is -0.738. The van der Waals surface area contributed by atoms with Crippen LogP contribution in [0.15, 0.2) is 72.8 Å². The van der Waals surface area contributed by atoms with E-state index in [0.29, 0.717) is 24.4 Å². The number of carbonyl (C=O) groups is 2. The van der Waals surface area contributed by atoms with E-state index in [-0.39, 0.29) is 34.6 Å². The van der Waals surface area contributed by atoms with Gasteiger partial charge in [0.15, 0.2) is 5.75 Å². The number of para-hydroxylation sites is 1. The number of esters is 1. The number of aromatic carboxylic acids is 1. The van der Waals surface area contributed by atoms with Crippen LogP contribution in [0.1, 0.15) is 121 Å². The van der Waals surface area contributed by atoms with E-state index < -0.39 is 10.9 Å². The van der Waals surface area contributed by atoms with Gasteiger partial charge in [-0.2, -0.15) is 0 Å². The maximum absolute atomic E-state index is 12.4. The van der Waals surface area contributed by atoms with Crippen LogP contribution < -0.4 is 9.47 Å². The van der Waals surface area contributed by atoms with E-state index in [1.807, 2.05) is 43.3 Å². The fraction of sp³-hybridized carbons (Fsp3) is 0.476. The number of nitrogens with zero attached hydrogens (tertiary/aromatic N) is 1. The van der Waals surface area contributed by atoms with Gasteiger partial charge in [0.25, 0.3) is 0 Å². The number of carbonyl (C=O) groups excluding carboxylic acids is 1. The lowest BCUT2D eigenvalue weighted by Crippen LogP contribution is -2.14. The van der Waals surface area contributed by atoms with E-state index in [4.69, 9.17) is 14.2 Å². The minimum Gasteiger partial charge on any atom is -0.493 e. The number of carboxylic acid groups (broad SMARTS) is 1. The van der Waals surface area contributed by atoms with Crippen molar-refractivity contribution in [1.29, 1.82) is 0 Å². The number of nitro groups is 1. The number of rotatable bonds is 25. The second kappa shape index (κ2) is 22.2. The molecule has 1 atom stereocenters. The predicted octanol–water partition coefficient (Wildman–Crippen LogP) is 11.4. The Hall–Kier alpha value is -4.66. The smallest absolute Gasteiger partial charge is 0.336 e. The van der Waals surface area contributed by atoms with Crippen molar-refractivity contribution >= 4 is 17.6 Å². The van der Waals surface area contributed by atoms with Crippen LogP contribution in [0.2, 0.25) is 0 Å². The average molecular weight is 702 g/mol. The highest BCUT2D eigenvalue weighted by atomic mass is 16.6. The number of nitro benzene ring substituents is 1. The zero-order chi connectivity index (χ0) is 37.0. The second-order valence-corrected chi connectivity index (χ2v) is 13.2. The topological polar surface area (TPSA) is 125 Å². The van der Waals surface area contributed by atoms with Crippen molar-refractivity contribution in [2.24, 2.45) is 0 Å². The lowest BCUT2D eigenvalue weighted by molar-refractivity contribution is -0.385. The fourth-order valence-electron chi connectivity index (χ4n) is 6.01. The normalized spacial score (nSPS) is 11.5. The maximum atomic E-state index is 12.4. The monoisotopic (exact) mass is 701 g/mol. The molecule has 0 unspecified atom stereocenters. The van der Waals surface area contributed by atoms with Gasteiger partial charge in [-0.25, -0.2) is 9.59 Å². The van der Waals surface area contributed by atoms with Gasteiger partial charge in [-0.3, -0.25) is 10.1 Å². The second-order valence-electron chi connectivity index (χ2n) is 13.2. The Morgan fingerprint density at radius 1 is 0.784 bits per heavy atom. The summed E-state index contributed by atoms with van der Waals surface area (Å²) in [4.78, 5) is 35.5. The number of hydrogen-bond acceptors (Lipinski definition) is 7. The van der Waals surface area contributed by atoms with Gasteiger partial charge in [0.2, 0.25) is 0 Å². The molecule has 0 aliphatic rings. The highest BCUT2D eigenvalue weighted by Gasteiger charge is 2.29. The Kier molecular flexibility index (Phi) is 17.8. The highest BCUT2D eigenvalue weighted by molar-refractivity contribution is 6.00. The molecule has 9 nitrogen and oxygen atoms in total. The van der Waals surface area contributed by atoms with Crippen LogP contribution in [-0.2, 0) is 9.53 Å². The first-order valence-corrected chi connectivity index (χ1v) is 18.5. The van der Waals surface area contributed by atoms with Crippen molar-refractivity contribution in [3.8, 4) is 33.8 Å². The van der Waals surface area contributed by atoms with Crippen LogP contribution >= 0.6 is 0 Å². The molecule has 0 spiro atoms. The molecule has 3 rings (SSSR count). The molecule has 0 heterocycles. The standard InChI is InChI=1S/C42H55NO8/c1-5-6-7-15-20-32(4)51-38-28-27-36(41(44)45)39(40(38)43(47)48)34-25-23-33(24-26-34)35-21-16-17-22-37(35)49-29-18-13-11-9-8-10-12-14-19-30-50-42(46)31(2)3/h16-17,21-28,32H,2,5-15,18-20,29-30H2,1,3-4H3,(H,44,45)/t32-/m1/s1. The molecular formula is C42H55NO8. The van der Waals surface area contributed by atoms with Crippen molar-refractivity contribution in [2.45, 2.75) is 117 Å². The van der Waals surface area contributed by atoms with Gasteiger partial charge in [-0.1, -0.05) is 120 Å². The van der Waals surface area contributed by atoms with E-state index >= 15 is 0 Å². The molecule has 51 heavy (non-hydrogen) atoms. The SMILES string of the molecule is C=C(C)C(=O)OCCCCCCCCCCCOc1ccccc1-c1ccc(-c2c(C(=O)O)ccc(O[C@H](C)CCCCCC)c2[N+](=O)[O-])cc1. The maximum Gasteiger partial charge on any atom is 0.336 e. The molecule has 1 N–H and O–H groups in total. The summed E-state index contributed by atoms with van der Waals surface area (Å²) in [6, 6.07) is 17.7. The molecular weight excluding hydrogens is 646 g/mol. The highest BCUT2D eigenvalue weighted by Crippen LogP contribution is 2.42. The van der Waals surface area contributed by atoms with Gasteiger partial charge in [0.05, 0.1) is 35.4 Å². The van der Waals surface area contributed by atoms with Crippen LogP contribution in [0, 0.1) is 10.1 Å². The van der Waals surface area contributed by atoms with Gasteiger partial charge in [0, 0.05) is 11.1 Å². The minimum atomic E-state index is -1.24.